The molecule has 0 aliphatic heterocycles. The molecule has 1 atom stereocenters. The van der Waals surface area contributed by atoms with E-state index in [1.54, 1.807) is 32.4 Å². The number of hydrogen-bond acceptors (Lipinski definition) is 4. The van der Waals surface area contributed by atoms with Crippen molar-refractivity contribution in [3.8, 4) is 11.5 Å². The van der Waals surface area contributed by atoms with Gasteiger partial charge < -0.3 is 14.6 Å². The van der Waals surface area contributed by atoms with Crippen molar-refractivity contribution in [3.63, 3.8) is 0 Å². The molecule has 2 rings (SSSR count). The lowest BCUT2D eigenvalue weighted by Gasteiger charge is -2.08. The molecule has 0 aliphatic carbocycles. The van der Waals surface area contributed by atoms with Crippen LogP contribution in [-0.4, -0.2) is 23.8 Å². The number of nitrogens with zero attached hydrogens (tertiary/aromatic N) is 1. The summed E-state index contributed by atoms with van der Waals surface area (Å²) in [4.78, 5) is 4.14. The summed E-state index contributed by atoms with van der Waals surface area (Å²) in [6.07, 6.45) is 1.94. The molecule has 0 spiro atoms. The molecule has 0 saturated carbocycles. The van der Waals surface area contributed by atoms with Crippen LogP contribution in [0.15, 0.2) is 42.6 Å². The van der Waals surface area contributed by atoms with Gasteiger partial charge in [-0.25, -0.2) is 0 Å². The summed E-state index contributed by atoms with van der Waals surface area (Å²) in [6, 6.07) is 11.4. The SMILES string of the molecule is COCCc1ccc(Oc2ccc([C@@H](C)O)nc2)cc1. The molecule has 4 nitrogen and oxygen atoms in total. The van der Waals surface area contributed by atoms with E-state index in [-0.39, 0.29) is 0 Å². The Morgan fingerprint density at radius 1 is 1.10 bits per heavy atom. The average molecular weight is 273 g/mol. The van der Waals surface area contributed by atoms with Crippen molar-refractivity contribution in [2.24, 2.45) is 0 Å². The lowest BCUT2D eigenvalue weighted by Crippen LogP contribution is -1.96. The van der Waals surface area contributed by atoms with E-state index in [9.17, 15) is 5.11 Å². The third-order valence-electron chi connectivity index (χ3n) is 2.94. The summed E-state index contributed by atoms with van der Waals surface area (Å²) in [7, 11) is 1.70. The molecule has 20 heavy (non-hydrogen) atoms. The standard InChI is InChI=1S/C16H19NO3/c1-12(18)16-8-7-15(11-17-16)20-14-5-3-13(4-6-14)9-10-19-2/h3-8,11-12,18H,9-10H2,1-2H3/t12-/m1/s1. The van der Waals surface area contributed by atoms with Gasteiger partial charge in [0.05, 0.1) is 24.6 Å². The second kappa shape index (κ2) is 7.03. The number of pyridine rings is 1. The lowest BCUT2D eigenvalue weighted by atomic mass is 10.1. The van der Waals surface area contributed by atoms with Crippen molar-refractivity contribution in [2.75, 3.05) is 13.7 Å². The van der Waals surface area contributed by atoms with E-state index in [4.69, 9.17) is 9.47 Å². The molecule has 0 radical (unpaired) electrons. The number of aliphatic hydroxyl groups excluding tert-OH is 1. The number of rotatable bonds is 6. The van der Waals surface area contributed by atoms with Crippen molar-refractivity contribution in [1.29, 1.82) is 0 Å². The van der Waals surface area contributed by atoms with Crippen molar-refractivity contribution in [1.82, 2.24) is 4.98 Å². The van der Waals surface area contributed by atoms with E-state index in [0.29, 0.717) is 18.1 Å². The minimum Gasteiger partial charge on any atom is -0.456 e. The third-order valence-corrected chi connectivity index (χ3v) is 2.94. The van der Waals surface area contributed by atoms with Crippen LogP contribution in [0, 0.1) is 0 Å². The summed E-state index contributed by atoms with van der Waals surface area (Å²) in [5.74, 6) is 1.41. The zero-order valence-electron chi connectivity index (χ0n) is 11.7. The predicted molar refractivity (Wildman–Crippen MR) is 77.0 cm³/mol. The van der Waals surface area contributed by atoms with Crippen molar-refractivity contribution < 1.29 is 14.6 Å². The number of ether oxygens (including phenoxy) is 2. The van der Waals surface area contributed by atoms with Crippen molar-refractivity contribution in [3.05, 3.63) is 53.9 Å². The zero-order chi connectivity index (χ0) is 14.4. The molecule has 1 aromatic heterocycles. The fourth-order valence-corrected chi connectivity index (χ4v) is 1.78. The number of hydrogen-bond donors (Lipinski definition) is 1. The van der Waals surface area contributed by atoms with E-state index in [1.807, 2.05) is 24.3 Å². The highest BCUT2D eigenvalue weighted by Gasteiger charge is 2.03. The van der Waals surface area contributed by atoms with E-state index in [2.05, 4.69) is 4.98 Å². The van der Waals surface area contributed by atoms with E-state index in [0.717, 1.165) is 12.2 Å². The zero-order valence-corrected chi connectivity index (χ0v) is 11.7. The predicted octanol–water partition coefficient (Wildman–Crippen LogP) is 3.12. The normalized spacial score (nSPS) is 12.2. The molecular weight excluding hydrogens is 254 g/mol. The number of aromatic nitrogens is 1. The smallest absolute Gasteiger partial charge is 0.145 e. The van der Waals surface area contributed by atoms with Crippen LogP contribution in [0.25, 0.3) is 0 Å². The molecule has 2 aromatic rings. The van der Waals surface area contributed by atoms with Crippen molar-refractivity contribution in [2.45, 2.75) is 19.4 Å². The molecule has 0 aliphatic rings. The van der Waals surface area contributed by atoms with Crippen LogP contribution in [0.2, 0.25) is 0 Å². The first-order chi connectivity index (χ1) is 9.69. The third kappa shape index (κ3) is 4.05. The van der Waals surface area contributed by atoms with E-state index >= 15 is 0 Å². The second-order valence-electron chi connectivity index (χ2n) is 4.58. The van der Waals surface area contributed by atoms with Gasteiger partial charge in [-0.05, 0) is 43.2 Å². The fourth-order valence-electron chi connectivity index (χ4n) is 1.78. The molecule has 1 heterocycles. The molecule has 0 unspecified atom stereocenters. The monoisotopic (exact) mass is 273 g/mol. The average Bonchev–Trinajstić information content (AvgIpc) is 2.47. The van der Waals surface area contributed by atoms with Gasteiger partial charge in [-0.15, -0.1) is 0 Å². The maximum absolute atomic E-state index is 9.39. The summed E-state index contributed by atoms with van der Waals surface area (Å²) in [5, 5.41) is 9.39. The Bertz CT molecular complexity index is 520. The summed E-state index contributed by atoms with van der Waals surface area (Å²) >= 11 is 0. The quantitative estimate of drug-likeness (QED) is 0.878. The molecule has 0 fully saturated rings. The first-order valence-electron chi connectivity index (χ1n) is 6.59. The Kier molecular flexibility index (Phi) is 5.09. The fraction of sp³-hybridized carbons (Fsp3) is 0.312. The molecular formula is C16H19NO3. The van der Waals surface area contributed by atoms with Gasteiger partial charge in [0, 0.05) is 7.11 Å². The van der Waals surface area contributed by atoms with Gasteiger partial charge in [0.15, 0.2) is 0 Å². The maximum atomic E-state index is 9.39. The van der Waals surface area contributed by atoms with E-state index < -0.39 is 6.10 Å². The maximum Gasteiger partial charge on any atom is 0.145 e. The van der Waals surface area contributed by atoms with Gasteiger partial charge in [0.2, 0.25) is 0 Å². The highest BCUT2D eigenvalue weighted by atomic mass is 16.5. The number of benzene rings is 1. The Morgan fingerprint density at radius 3 is 2.35 bits per heavy atom. The first kappa shape index (κ1) is 14.5. The van der Waals surface area contributed by atoms with Crippen LogP contribution in [0.4, 0.5) is 0 Å². The molecule has 1 aromatic carbocycles. The first-order valence-corrected chi connectivity index (χ1v) is 6.59. The van der Waals surface area contributed by atoms with Crippen LogP contribution < -0.4 is 4.74 Å². The van der Waals surface area contributed by atoms with Gasteiger partial charge in [-0.1, -0.05) is 12.1 Å². The Morgan fingerprint density at radius 2 is 1.80 bits per heavy atom. The number of aliphatic hydroxyl groups is 1. The highest BCUT2D eigenvalue weighted by Crippen LogP contribution is 2.22. The van der Waals surface area contributed by atoms with E-state index in [1.165, 1.54) is 5.56 Å². The van der Waals surface area contributed by atoms with Gasteiger partial charge in [0.1, 0.15) is 11.5 Å². The molecule has 0 saturated heterocycles. The van der Waals surface area contributed by atoms with Gasteiger partial charge in [-0.3, -0.25) is 4.98 Å². The van der Waals surface area contributed by atoms with Crippen LogP contribution in [0.3, 0.4) is 0 Å². The Labute approximate surface area is 119 Å². The van der Waals surface area contributed by atoms with Gasteiger partial charge in [0.25, 0.3) is 0 Å². The largest absolute Gasteiger partial charge is 0.456 e. The minimum absolute atomic E-state index is 0.566. The van der Waals surface area contributed by atoms with Crippen LogP contribution in [-0.2, 0) is 11.2 Å². The second-order valence-corrected chi connectivity index (χ2v) is 4.58. The lowest BCUT2D eigenvalue weighted by molar-refractivity contribution is 0.194. The minimum atomic E-state index is -0.566. The van der Waals surface area contributed by atoms with Gasteiger partial charge in [-0.2, -0.15) is 0 Å². The molecule has 106 valence electrons. The Balaban J connectivity index is 1.98. The molecule has 1 N–H and O–H groups in total. The topological polar surface area (TPSA) is 51.6 Å². The summed E-state index contributed by atoms with van der Waals surface area (Å²) in [5.41, 5.74) is 1.84. The Hall–Kier alpha value is -1.91. The van der Waals surface area contributed by atoms with Crippen molar-refractivity contribution >= 4 is 0 Å². The van der Waals surface area contributed by atoms with Gasteiger partial charge >= 0.3 is 0 Å². The number of methoxy groups -OCH3 is 1. The molecule has 0 amide bonds. The highest BCUT2D eigenvalue weighted by molar-refractivity contribution is 5.32. The molecule has 0 bridgehead atoms. The molecule has 4 heteroatoms. The summed E-state index contributed by atoms with van der Waals surface area (Å²) in [6.45, 7) is 2.40. The van der Waals surface area contributed by atoms with Crippen LogP contribution >= 0.6 is 0 Å². The summed E-state index contributed by atoms with van der Waals surface area (Å²) < 4.78 is 10.7. The van der Waals surface area contributed by atoms with Crippen LogP contribution in [0.5, 0.6) is 11.5 Å². The van der Waals surface area contributed by atoms with Crippen LogP contribution in [0.1, 0.15) is 24.3 Å².